The first kappa shape index (κ1) is 18.5. The van der Waals surface area contributed by atoms with Crippen molar-refractivity contribution in [3.05, 3.63) is 42.7 Å². The molecule has 10 heteroatoms. The van der Waals surface area contributed by atoms with Crippen molar-refractivity contribution in [1.29, 1.82) is 0 Å². The fourth-order valence-corrected chi connectivity index (χ4v) is 4.76. The fraction of sp³-hybridized carbons (Fsp3) is 0.333. The van der Waals surface area contributed by atoms with Gasteiger partial charge in [-0.2, -0.15) is 4.31 Å². The molecule has 0 saturated carbocycles. The SMILES string of the molecule is O=C(CCn1nnc2cc(S(=O)(=O)N3CCCC3)ccc21)Nc1ccncc1. The molecule has 1 amide bonds. The topological polar surface area (TPSA) is 110 Å². The van der Waals surface area contributed by atoms with Crippen LogP contribution >= 0.6 is 0 Å². The molecule has 3 heterocycles. The highest BCUT2D eigenvalue weighted by Crippen LogP contribution is 2.23. The molecule has 9 nitrogen and oxygen atoms in total. The van der Waals surface area contributed by atoms with Gasteiger partial charge in [-0.1, -0.05) is 5.21 Å². The Morgan fingerprint density at radius 3 is 2.61 bits per heavy atom. The van der Waals surface area contributed by atoms with Crippen molar-refractivity contribution < 1.29 is 13.2 Å². The van der Waals surface area contributed by atoms with E-state index in [9.17, 15) is 13.2 Å². The van der Waals surface area contributed by atoms with Crippen molar-refractivity contribution in [3.63, 3.8) is 0 Å². The van der Waals surface area contributed by atoms with Crippen LogP contribution in [0, 0.1) is 0 Å². The predicted molar refractivity (Wildman–Crippen MR) is 103 cm³/mol. The van der Waals surface area contributed by atoms with Crippen LogP contribution in [0.15, 0.2) is 47.6 Å². The van der Waals surface area contributed by atoms with Crippen molar-refractivity contribution in [3.8, 4) is 0 Å². The number of pyridine rings is 1. The second-order valence-corrected chi connectivity index (χ2v) is 8.55. The largest absolute Gasteiger partial charge is 0.326 e. The number of sulfonamides is 1. The van der Waals surface area contributed by atoms with Crippen LogP contribution in [-0.2, 0) is 21.4 Å². The van der Waals surface area contributed by atoms with Crippen LogP contribution < -0.4 is 5.32 Å². The summed E-state index contributed by atoms with van der Waals surface area (Å²) in [6.07, 6.45) is 5.20. The zero-order valence-electron chi connectivity index (χ0n) is 15.2. The van der Waals surface area contributed by atoms with Gasteiger partial charge in [-0.3, -0.25) is 9.78 Å². The molecule has 1 fully saturated rings. The molecule has 1 aliphatic heterocycles. The Morgan fingerprint density at radius 2 is 1.86 bits per heavy atom. The lowest BCUT2D eigenvalue weighted by Gasteiger charge is -2.15. The Morgan fingerprint density at radius 1 is 1.11 bits per heavy atom. The molecule has 0 atom stereocenters. The molecule has 146 valence electrons. The number of anilines is 1. The highest BCUT2D eigenvalue weighted by molar-refractivity contribution is 7.89. The summed E-state index contributed by atoms with van der Waals surface area (Å²) in [6.45, 7) is 1.45. The van der Waals surface area contributed by atoms with Gasteiger partial charge in [-0.05, 0) is 43.2 Å². The molecule has 28 heavy (non-hydrogen) atoms. The minimum atomic E-state index is -3.49. The molecule has 1 N–H and O–H groups in total. The lowest BCUT2D eigenvalue weighted by Crippen LogP contribution is -2.27. The summed E-state index contributed by atoms with van der Waals surface area (Å²) in [7, 11) is -3.49. The maximum atomic E-state index is 12.7. The molecule has 0 spiro atoms. The Hall–Kier alpha value is -2.85. The zero-order valence-corrected chi connectivity index (χ0v) is 16.0. The third-order valence-corrected chi connectivity index (χ3v) is 6.60. The molecule has 2 aromatic heterocycles. The average Bonchev–Trinajstić information content (AvgIpc) is 3.37. The summed E-state index contributed by atoms with van der Waals surface area (Å²) < 4.78 is 28.5. The van der Waals surface area contributed by atoms with Crippen molar-refractivity contribution in [2.45, 2.75) is 30.7 Å². The third kappa shape index (κ3) is 3.73. The van der Waals surface area contributed by atoms with E-state index in [0.29, 0.717) is 36.4 Å². The van der Waals surface area contributed by atoms with Gasteiger partial charge in [0.05, 0.1) is 17.0 Å². The summed E-state index contributed by atoms with van der Waals surface area (Å²) in [5.74, 6) is -0.150. The minimum Gasteiger partial charge on any atom is -0.326 e. The number of rotatable bonds is 6. The highest BCUT2D eigenvalue weighted by Gasteiger charge is 2.27. The maximum Gasteiger partial charge on any atom is 0.243 e. The summed E-state index contributed by atoms with van der Waals surface area (Å²) in [6, 6.07) is 8.24. The molecule has 0 radical (unpaired) electrons. The summed E-state index contributed by atoms with van der Waals surface area (Å²) in [5.41, 5.74) is 1.87. The van der Waals surface area contributed by atoms with Gasteiger partial charge in [-0.15, -0.1) is 5.10 Å². The number of hydrogen-bond donors (Lipinski definition) is 1. The standard InChI is InChI=1S/C18H20N6O3S/c25-18(20-14-5-8-19-9-6-14)7-12-24-17-4-3-15(13-16(17)21-22-24)28(26,27)23-10-1-2-11-23/h3-6,8-9,13H,1-2,7,10-12H2,(H,19,20,25). The number of amides is 1. The molecule has 1 aliphatic rings. The number of nitrogens with zero attached hydrogens (tertiary/aromatic N) is 5. The molecule has 4 rings (SSSR count). The van der Waals surface area contributed by atoms with Crippen LogP contribution in [0.5, 0.6) is 0 Å². The zero-order chi connectivity index (χ0) is 19.6. The first-order chi connectivity index (χ1) is 13.5. The van der Waals surface area contributed by atoms with Gasteiger partial charge < -0.3 is 5.32 Å². The van der Waals surface area contributed by atoms with E-state index in [1.807, 2.05) is 0 Å². The third-order valence-electron chi connectivity index (χ3n) is 4.70. The van der Waals surface area contributed by atoms with Crippen LogP contribution in [0.2, 0.25) is 0 Å². The number of aromatic nitrogens is 4. The number of carbonyl (C=O) groups is 1. The lowest BCUT2D eigenvalue weighted by molar-refractivity contribution is -0.116. The molecular weight excluding hydrogens is 380 g/mol. The van der Waals surface area contributed by atoms with Gasteiger partial charge in [0, 0.05) is 37.6 Å². The second-order valence-electron chi connectivity index (χ2n) is 6.61. The molecule has 0 bridgehead atoms. The normalized spacial score (nSPS) is 15.1. The summed E-state index contributed by atoms with van der Waals surface area (Å²) in [4.78, 5) is 16.2. The van der Waals surface area contributed by atoms with Gasteiger partial charge in [0.15, 0.2) is 0 Å². The van der Waals surface area contributed by atoms with Crippen molar-refractivity contribution in [2.75, 3.05) is 18.4 Å². The average molecular weight is 400 g/mol. The first-order valence-electron chi connectivity index (χ1n) is 9.07. The van der Waals surface area contributed by atoms with Crippen molar-refractivity contribution in [2.24, 2.45) is 0 Å². The Bertz CT molecular complexity index is 1090. The van der Waals surface area contributed by atoms with E-state index >= 15 is 0 Å². The Kier molecular flexibility index (Phi) is 5.05. The maximum absolute atomic E-state index is 12.7. The summed E-state index contributed by atoms with van der Waals surface area (Å²) >= 11 is 0. The monoisotopic (exact) mass is 400 g/mol. The number of hydrogen-bond acceptors (Lipinski definition) is 6. The predicted octanol–water partition coefficient (Wildman–Crippen LogP) is 1.64. The van der Waals surface area contributed by atoms with E-state index in [0.717, 1.165) is 12.8 Å². The highest BCUT2D eigenvalue weighted by atomic mass is 32.2. The number of carbonyl (C=O) groups excluding carboxylic acids is 1. The molecular formula is C18H20N6O3S. The number of aryl methyl sites for hydroxylation is 1. The van der Waals surface area contributed by atoms with Crippen LogP contribution in [-0.4, -0.2) is 51.7 Å². The number of benzene rings is 1. The summed E-state index contributed by atoms with van der Waals surface area (Å²) in [5, 5.41) is 10.9. The van der Waals surface area contributed by atoms with E-state index in [2.05, 4.69) is 20.6 Å². The molecule has 3 aromatic rings. The van der Waals surface area contributed by atoms with Gasteiger partial charge in [0.2, 0.25) is 15.9 Å². The fourth-order valence-electron chi connectivity index (χ4n) is 3.22. The second kappa shape index (κ2) is 7.64. The van der Waals surface area contributed by atoms with Gasteiger partial charge in [0.1, 0.15) is 5.52 Å². The van der Waals surface area contributed by atoms with Gasteiger partial charge in [0.25, 0.3) is 0 Å². The van der Waals surface area contributed by atoms with Crippen molar-refractivity contribution >= 4 is 32.7 Å². The van der Waals surface area contributed by atoms with Crippen LogP contribution in [0.1, 0.15) is 19.3 Å². The lowest BCUT2D eigenvalue weighted by atomic mass is 10.3. The number of nitrogens with one attached hydrogen (secondary N) is 1. The van der Waals surface area contributed by atoms with Crippen LogP contribution in [0.3, 0.4) is 0 Å². The molecule has 1 saturated heterocycles. The Balaban J connectivity index is 1.47. The quantitative estimate of drug-likeness (QED) is 0.674. The minimum absolute atomic E-state index is 0.150. The van der Waals surface area contributed by atoms with E-state index in [-0.39, 0.29) is 17.2 Å². The van der Waals surface area contributed by atoms with Crippen molar-refractivity contribution in [1.82, 2.24) is 24.3 Å². The first-order valence-corrected chi connectivity index (χ1v) is 10.5. The van der Waals surface area contributed by atoms with E-state index in [1.54, 1.807) is 47.4 Å². The van der Waals surface area contributed by atoms with E-state index in [4.69, 9.17) is 0 Å². The van der Waals surface area contributed by atoms with Gasteiger partial charge >= 0.3 is 0 Å². The van der Waals surface area contributed by atoms with E-state index in [1.165, 1.54) is 4.31 Å². The van der Waals surface area contributed by atoms with Crippen LogP contribution in [0.4, 0.5) is 5.69 Å². The Labute approximate surface area is 162 Å². The molecule has 1 aromatic carbocycles. The smallest absolute Gasteiger partial charge is 0.243 e. The molecule has 0 unspecified atom stereocenters. The molecule has 0 aliphatic carbocycles. The van der Waals surface area contributed by atoms with E-state index < -0.39 is 10.0 Å². The van der Waals surface area contributed by atoms with Crippen LogP contribution in [0.25, 0.3) is 11.0 Å². The van der Waals surface area contributed by atoms with Gasteiger partial charge in [-0.25, -0.2) is 13.1 Å². The number of fused-ring (bicyclic) bond motifs is 1.